The minimum Gasteiger partial charge on any atom is -0.399 e. The molecule has 0 spiro atoms. The third-order valence-corrected chi connectivity index (χ3v) is 5.44. The van der Waals surface area contributed by atoms with Crippen LogP contribution in [-0.4, -0.2) is 23.3 Å². The second-order valence-corrected chi connectivity index (χ2v) is 7.61. The predicted octanol–water partition coefficient (Wildman–Crippen LogP) is 4.00. The van der Waals surface area contributed by atoms with Crippen molar-refractivity contribution in [2.75, 3.05) is 0 Å². The molecule has 4 rings (SSSR count). The fraction of sp³-hybridized carbons (Fsp3) is 0.350. The lowest BCUT2D eigenvalue weighted by atomic mass is 9.78. The number of fused-ring (bicyclic) bond motifs is 3. The molecule has 1 aliphatic rings. The van der Waals surface area contributed by atoms with E-state index in [9.17, 15) is 0 Å². The number of hydrogen-bond acceptors (Lipinski definition) is 3. The van der Waals surface area contributed by atoms with Crippen molar-refractivity contribution in [3.8, 4) is 0 Å². The van der Waals surface area contributed by atoms with E-state index < -0.39 is 0 Å². The fourth-order valence-electron chi connectivity index (χ4n) is 3.27. The molecular weight excluding hydrogens is 297 g/mol. The Morgan fingerprint density at radius 1 is 0.833 bits per heavy atom. The largest absolute Gasteiger partial charge is 0.494 e. The Hall–Kier alpha value is -1.91. The van der Waals surface area contributed by atoms with Gasteiger partial charge in [-0.1, -0.05) is 36.4 Å². The molecule has 0 radical (unpaired) electrons. The Bertz CT molecular complexity index is 933. The van der Waals surface area contributed by atoms with Gasteiger partial charge in [0.15, 0.2) is 0 Å². The Morgan fingerprint density at radius 3 is 2.12 bits per heavy atom. The summed E-state index contributed by atoms with van der Waals surface area (Å²) < 4.78 is 12.4. The molecule has 2 heterocycles. The van der Waals surface area contributed by atoms with Crippen LogP contribution in [0.25, 0.3) is 21.7 Å². The number of aryl methyl sites for hydroxylation is 1. The van der Waals surface area contributed by atoms with Crippen LogP contribution in [0, 0.1) is 6.92 Å². The van der Waals surface area contributed by atoms with Gasteiger partial charge in [-0.3, -0.25) is 4.98 Å². The summed E-state index contributed by atoms with van der Waals surface area (Å²) in [7, 11) is -0.348. The number of benzene rings is 2. The van der Waals surface area contributed by atoms with E-state index in [4.69, 9.17) is 14.3 Å². The highest BCUT2D eigenvalue weighted by molar-refractivity contribution is 6.62. The lowest BCUT2D eigenvalue weighted by Gasteiger charge is -2.32. The highest BCUT2D eigenvalue weighted by Crippen LogP contribution is 2.36. The zero-order chi connectivity index (χ0) is 17.1. The summed E-state index contributed by atoms with van der Waals surface area (Å²) in [6.45, 7) is 10.4. The van der Waals surface area contributed by atoms with Gasteiger partial charge in [-0.25, -0.2) is 0 Å². The maximum atomic E-state index is 6.19. The van der Waals surface area contributed by atoms with Crippen molar-refractivity contribution in [3.63, 3.8) is 0 Å². The highest BCUT2D eigenvalue weighted by Gasteiger charge is 2.51. The summed E-state index contributed by atoms with van der Waals surface area (Å²) in [4.78, 5) is 4.75. The molecule has 0 bridgehead atoms. The number of pyridine rings is 1. The molecule has 4 heteroatoms. The van der Waals surface area contributed by atoms with E-state index in [-0.39, 0.29) is 18.3 Å². The summed E-state index contributed by atoms with van der Waals surface area (Å²) in [5.41, 5.74) is 2.44. The normalized spacial score (nSPS) is 19.3. The van der Waals surface area contributed by atoms with Crippen molar-refractivity contribution in [1.82, 2.24) is 4.98 Å². The second kappa shape index (κ2) is 5.04. The van der Waals surface area contributed by atoms with E-state index >= 15 is 0 Å². The van der Waals surface area contributed by atoms with Crippen LogP contribution >= 0.6 is 0 Å². The summed E-state index contributed by atoms with van der Waals surface area (Å²) in [5.74, 6) is 0. The smallest absolute Gasteiger partial charge is 0.399 e. The van der Waals surface area contributed by atoms with E-state index in [1.807, 2.05) is 0 Å². The molecule has 1 fully saturated rings. The second-order valence-electron chi connectivity index (χ2n) is 7.61. The van der Waals surface area contributed by atoms with Gasteiger partial charge in [0, 0.05) is 16.5 Å². The lowest BCUT2D eigenvalue weighted by Crippen LogP contribution is -2.41. The van der Waals surface area contributed by atoms with E-state index in [1.54, 1.807) is 0 Å². The first kappa shape index (κ1) is 15.6. The van der Waals surface area contributed by atoms with Gasteiger partial charge in [0.05, 0.1) is 16.7 Å². The van der Waals surface area contributed by atoms with E-state index in [1.165, 1.54) is 10.8 Å². The first-order chi connectivity index (χ1) is 11.3. The van der Waals surface area contributed by atoms with Crippen molar-refractivity contribution in [2.45, 2.75) is 45.8 Å². The zero-order valence-electron chi connectivity index (χ0n) is 14.9. The number of hydrogen-bond donors (Lipinski definition) is 0. The predicted molar refractivity (Wildman–Crippen MR) is 99.7 cm³/mol. The minimum atomic E-state index is -0.348. The SMILES string of the molecule is Cc1nc2ccc(B3OC(C)(C)C(C)(C)O3)cc2c2ccccc12. The Labute approximate surface area is 143 Å². The molecule has 3 nitrogen and oxygen atoms in total. The van der Waals surface area contributed by atoms with Crippen LogP contribution in [0.4, 0.5) is 0 Å². The van der Waals surface area contributed by atoms with Crippen molar-refractivity contribution in [1.29, 1.82) is 0 Å². The molecule has 0 amide bonds. The highest BCUT2D eigenvalue weighted by atomic mass is 16.7. The topological polar surface area (TPSA) is 31.4 Å². The summed E-state index contributed by atoms with van der Waals surface area (Å²) in [6, 6.07) is 14.7. The molecule has 1 saturated heterocycles. The Morgan fingerprint density at radius 2 is 1.46 bits per heavy atom. The van der Waals surface area contributed by atoms with Crippen LogP contribution in [0.5, 0.6) is 0 Å². The molecule has 24 heavy (non-hydrogen) atoms. The first-order valence-electron chi connectivity index (χ1n) is 8.43. The first-order valence-corrected chi connectivity index (χ1v) is 8.43. The van der Waals surface area contributed by atoms with Gasteiger partial charge < -0.3 is 9.31 Å². The number of rotatable bonds is 1. The standard InChI is InChI=1S/C20H22BNO2/c1-13-15-8-6-7-9-16(15)17-12-14(10-11-18(17)22-13)21-23-19(2,3)20(4,5)24-21/h6-12H,1-5H3. The third-order valence-electron chi connectivity index (χ3n) is 5.44. The van der Waals surface area contributed by atoms with Crippen LogP contribution in [0.2, 0.25) is 0 Å². The Kier molecular flexibility index (Phi) is 3.28. The van der Waals surface area contributed by atoms with Gasteiger partial charge in [-0.2, -0.15) is 0 Å². The fourth-order valence-corrected chi connectivity index (χ4v) is 3.27. The van der Waals surface area contributed by atoms with Gasteiger partial charge in [0.1, 0.15) is 0 Å². The van der Waals surface area contributed by atoms with Crippen molar-refractivity contribution < 1.29 is 9.31 Å². The summed E-state index contributed by atoms with van der Waals surface area (Å²) >= 11 is 0. The molecule has 0 aliphatic carbocycles. The molecule has 3 aromatic rings. The van der Waals surface area contributed by atoms with Crippen LogP contribution in [0.3, 0.4) is 0 Å². The Balaban J connectivity index is 1.88. The zero-order valence-corrected chi connectivity index (χ0v) is 14.9. The van der Waals surface area contributed by atoms with Crippen molar-refractivity contribution in [2.24, 2.45) is 0 Å². The quantitative estimate of drug-likeness (QED) is 0.502. The monoisotopic (exact) mass is 319 g/mol. The molecule has 122 valence electrons. The molecule has 0 atom stereocenters. The van der Waals surface area contributed by atoms with Gasteiger partial charge in [0.25, 0.3) is 0 Å². The van der Waals surface area contributed by atoms with Crippen molar-refractivity contribution >= 4 is 34.3 Å². The lowest BCUT2D eigenvalue weighted by molar-refractivity contribution is 0.00578. The van der Waals surface area contributed by atoms with Gasteiger partial charge in [-0.15, -0.1) is 0 Å². The van der Waals surface area contributed by atoms with Crippen LogP contribution in [0.1, 0.15) is 33.4 Å². The minimum absolute atomic E-state index is 0.333. The number of aromatic nitrogens is 1. The molecule has 1 aliphatic heterocycles. The van der Waals surface area contributed by atoms with Crippen LogP contribution in [0.15, 0.2) is 42.5 Å². The van der Waals surface area contributed by atoms with Crippen LogP contribution < -0.4 is 5.46 Å². The van der Waals surface area contributed by atoms with Crippen molar-refractivity contribution in [3.05, 3.63) is 48.2 Å². The van der Waals surface area contributed by atoms with Gasteiger partial charge in [0.2, 0.25) is 0 Å². The third kappa shape index (κ3) is 2.25. The average Bonchev–Trinajstić information content (AvgIpc) is 2.75. The van der Waals surface area contributed by atoms with E-state index in [0.29, 0.717) is 0 Å². The molecule has 0 unspecified atom stereocenters. The summed E-state index contributed by atoms with van der Waals surface area (Å²) in [5, 5.41) is 3.55. The molecular formula is C20H22BNO2. The molecule has 2 aromatic carbocycles. The molecule has 1 aromatic heterocycles. The average molecular weight is 319 g/mol. The van der Waals surface area contributed by atoms with E-state index in [2.05, 4.69) is 77.1 Å². The maximum absolute atomic E-state index is 6.19. The number of nitrogens with zero attached hydrogens (tertiary/aromatic N) is 1. The van der Waals surface area contributed by atoms with Gasteiger partial charge in [-0.05, 0) is 51.5 Å². The summed E-state index contributed by atoms with van der Waals surface area (Å²) in [6.07, 6.45) is 0. The molecule has 0 N–H and O–H groups in total. The maximum Gasteiger partial charge on any atom is 0.494 e. The van der Waals surface area contributed by atoms with E-state index in [0.717, 1.165) is 22.1 Å². The molecule has 0 saturated carbocycles. The van der Waals surface area contributed by atoms with Gasteiger partial charge >= 0.3 is 7.12 Å². The van der Waals surface area contributed by atoms with Crippen LogP contribution in [-0.2, 0) is 9.31 Å².